The van der Waals surface area contributed by atoms with Gasteiger partial charge in [-0.1, -0.05) is 48.6 Å². The number of likely N-dealkylation sites (tertiary alicyclic amines) is 1. The number of nitrogens with two attached hydrogens (primary N) is 1. The first-order valence-corrected chi connectivity index (χ1v) is 8.08. The molecule has 5 heteroatoms. The summed E-state index contributed by atoms with van der Waals surface area (Å²) in [6.45, 7) is 3.85. The zero-order valence-corrected chi connectivity index (χ0v) is 12.9. The summed E-state index contributed by atoms with van der Waals surface area (Å²) in [5, 5.41) is 0.447. The minimum atomic E-state index is 0.0644. The van der Waals surface area contributed by atoms with Crippen LogP contribution in [0.5, 0.6) is 0 Å². The third kappa shape index (κ3) is 2.93. The quantitative estimate of drug-likeness (QED) is 0.926. The Morgan fingerprint density at radius 2 is 2.14 bits per heavy atom. The number of piperidine rings is 1. The number of hydrogen-bond donors (Lipinski definition) is 1. The second kappa shape index (κ2) is 5.85. The van der Waals surface area contributed by atoms with Crippen LogP contribution in [0.3, 0.4) is 0 Å². The second-order valence-electron chi connectivity index (χ2n) is 5.59. The van der Waals surface area contributed by atoms with Crippen molar-refractivity contribution in [2.24, 2.45) is 5.92 Å². The lowest BCUT2D eigenvalue weighted by Gasteiger charge is -2.30. The Labute approximate surface area is 128 Å². The normalized spacial score (nSPS) is 18.7. The van der Waals surface area contributed by atoms with Gasteiger partial charge in [-0.15, -0.1) is 0 Å². The minimum Gasteiger partial charge on any atom is -0.375 e. The molecule has 2 N–H and O–H groups in total. The topological polar surface area (TPSA) is 59.2 Å². The zero-order chi connectivity index (χ0) is 14.8. The molecule has 1 saturated heterocycles. The number of nitrogens with zero attached hydrogens (tertiary/aromatic N) is 2. The molecule has 1 aromatic carbocycles. The first kappa shape index (κ1) is 14.1. The summed E-state index contributed by atoms with van der Waals surface area (Å²) in [4.78, 5) is 19.8. The van der Waals surface area contributed by atoms with E-state index in [0.29, 0.717) is 21.6 Å². The Morgan fingerprint density at radius 1 is 1.38 bits per heavy atom. The van der Waals surface area contributed by atoms with Crippen molar-refractivity contribution < 1.29 is 4.79 Å². The highest BCUT2D eigenvalue weighted by molar-refractivity contribution is 7.17. The van der Waals surface area contributed by atoms with E-state index in [4.69, 9.17) is 5.73 Å². The molecule has 0 bridgehead atoms. The van der Waals surface area contributed by atoms with Gasteiger partial charge in [0, 0.05) is 18.7 Å². The van der Waals surface area contributed by atoms with Gasteiger partial charge in [-0.2, -0.15) is 0 Å². The van der Waals surface area contributed by atoms with Crippen molar-refractivity contribution in [2.45, 2.75) is 19.8 Å². The van der Waals surface area contributed by atoms with Crippen LogP contribution in [-0.2, 0) is 0 Å². The minimum absolute atomic E-state index is 0.0644. The fourth-order valence-electron chi connectivity index (χ4n) is 2.79. The number of aromatic nitrogens is 1. The summed E-state index contributed by atoms with van der Waals surface area (Å²) >= 11 is 1.29. The van der Waals surface area contributed by atoms with Gasteiger partial charge >= 0.3 is 0 Å². The first-order valence-electron chi connectivity index (χ1n) is 7.26. The fraction of sp³-hybridized carbons (Fsp3) is 0.375. The third-order valence-electron chi connectivity index (χ3n) is 3.83. The molecule has 21 heavy (non-hydrogen) atoms. The molecule has 4 nitrogen and oxygen atoms in total. The number of anilines is 1. The first-order chi connectivity index (χ1) is 10.1. The molecule has 2 aromatic rings. The Kier molecular flexibility index (Phi) is 3.92. The Morgan fingerprint density at radius 3 is 2.86 bits per heavy atom. The number of amides is 1. The average Bonchev–Trinajstić information content (AvgIpc) is 2.89. The number of rotatable bonds is 2. The molecule has 1 atom stereocenters. The number of hydrogen-bond acceptors (Lipinski definition) is 4. The molecule has 1 amide bonds. The van der Waals surface area contributed by atoms with E-state index in [1.807, 2.05) is 35.2 Å². The summed E-state index contributed by atoms with van der Waals surface area (Å²) in [5.41, 5.74) is 7.50. The van der Waals surface area contributed by atoms with E-state index in [1.54, 1.807) is 0 Å². The summed E-state index contributed by atoms with van der Waals surface area (Å²) < 4.78 is 0. The van der Waals surface area contributed by atoms with Crippen LogP contribution in [-0.4, -0.2) is 28.9 Å². The van der Waals surface area contributed by atoms with Crippen LogP contribution >= 0.6 is 11.3 Å². The molecule has 0 spiro atoms. The highest BCUT2D eigenvalue weighted by Crippen LogP contribution is 2.31. The molecule has 1 aromatic heterocycles. The molecule has 0 aliphatic carbocycles. The molecule has 1 aliphatic heterocycles. The highest BCUT2D eigenvalue weighted by atomic mass is 32.1. The standard InChI is InChI=1S/C16H19N3OS/c1-11-6-5-9-19(10-11)15(20)14-13(18-16(17)21-14)12-7-3-2-4-8-12/h2-4,7-8,11H,5-6,9-10H2,1H3,(H2,17,18). The Balaban J connectivity index is 1.93. The molecule has 0 saturated carbocycles. The number of benzene rings is 1. The highest BCUT2D eigenvalue weighted by Gasteiger charge is 2.26. The van der Waals surface area contributed by atoms with E-state index in [2.05, 4.69) is 11.9 Å². The van der Waals surface area contributed by atoms with Crippen molar-refractivity contribution in [3.05, 3.63) is 35.2 Å². The second-order valence-corrected chi connectivity index (χ2v) is 6.63. The molecule has 0 radical (unpaired) electrons. The summed E-state index contributed by atoms with van der Waals surface area (Å²) in [6.07, 6.45) is 2.27. The van der Waals surface area contributed by atoms with E-state index in [-0.39, 0.29) is 5.91 Å². The zero-order valence-electron chi connectivity index (χ0n) is 12.1. The van der Waals surface area contributed by atoms with Gasteiger partial charge in [0.15, 0.2) is 5.13 Å². The SMILES string of the molecule is CC1CCCN(C(=O)c2sc(N)nc2-c2ccccc2)C1. The van der Waals surface area contributed by atoms with Crippen molar-refractivity contribution in [1.82, 2.24) is 9.88 Å². The van der Waals surface area contributed by atoms with E-state index in [0.717, 1.165) is 25.1 Å². The lowest BCUT2D eigenvalue weighted by molar-refractivity contribution is 0.0688. The number of carbonyl (C=O) groups excluding carboxylic acids is 1. The van der Waals surface area contributed by atoms with Crippen molar-refractivity contribution >= 4 is 22.4 Å². The lowest BCUT2D eigenvalue weighted by atomic mass is 10.00. The van der Waals surface area contributed by atoms with Gasteiger partial charge in [-0.3, -0.25) is 4.79 Å². The largest absolute Gasteiger partial charge is 0.375 e. The molecule has 2 heterocycles. The van der Waals surface area contributed by atoms with Crippen LogP contribution in [0, 0.1) is 5.92 Å². The number of carbonyl (C=O) groups is 1. The predicted octanol–water partition coefficient (Wildman–Crippen LogP) is 3.26. The van der Waals surface area contributed by atoms with Gasteiger partial charge in [-0.05, 0) is 18.8 Å². The number of thiazole rings is 1. The Hall–Kier alpha value is -1.88. The monoisotopic (exact) mass is 301 g/mol. The third-order valence-corrected chi connectivity index (χ3v) is 4.70. The van der Waals surface area contributed by atoms with E-state index in [1.165, 1.54) is 17.8 Å². The molecular weight excluding hydrogens is 282 g/mol. The van der Waals surface area contributed by atoms with Crippen molar-refractivity contribution in [3.8, 4) is 11.3 Å². The maximum Gasteiger partial charge on any atom is 0.266 e. The predicted molar refractivity (Wildman–Crippen MR) is 86.3 cm³/mol. The number of nitrogen functional groups attached to an aromatic ring is 1. The van der Waals surface area contributed by atoms with Crippen molar-refractivity contribution in [2.75, 3.05) is 18.8 Å². The molecule has 3 rings (SSSR count). The van der Waals surface area contributed by atoms with Crippen LogP contribution in [0.2, 0.25) is 0 Å². The van der Waals surface area contributed by atoms with Gasteiger partial charge < -0.3 is 10.6 Å². The molecule has 110 valence electrons. The summed E-state index contributed by atoms with van der Waals surface area (Å²) in [7, 11) is 0. The summed E-state index contributed by atoms with van der Waals surface area (Å²) in [6, 6.07) is 9.77. The maximum atomic E-state index is 12.8. The van der Waals surface area contributed by atoms with Crippen molar-refractivity contribution in [3.63, 3.8) is 0 Å². The van der Waals surface area contributed by atoms with Crippen LogP contribution in [0.4, 0.5) is 5.13 Å². The van der Waals surface area contributed by atoms with Crippen molar-refractivity contribution in [1.29, 1.82) is 0 Å². The van der Waals surface area contributed by atoms with Gasteiger partial charge in [0.2, 0.25) is 0 Å². The molecule has 1 aliphatic rings. The van der Waals surface area contributed by atoms with Gasteiger partial charge in [0.05, 0.1) is 5.69 Å². The average molecular weight is 301 g/mol. The van der Waals surface area contributed by atoms with Crippen LogP contribution in [0.1, 0.15) is 29.4 Å². The van der Waals surface area contributed by atoms with E-state index < -0.39 is 0 Å². The fourth-order valence-corrected chi connectivity index (χ4v) is 3.61. The lowest BCUT2D eigenvalue weighted by Crippen LogP contribution is -2.38. The van der Waals surface area contributed by atoms with Crippen LogP contribution in [0.15, 0.2) is 30.3 Å². The van der Waals surface area contributed by atoms with E-state index >= 15 is 0 Å². The van der Waals surface area contributed by atoms with Crippen LogP contribution in [0.25, 0.3) is 11.3 Å². The summed E-state index contributed by atoms with van der Waals surface area (Å²) in [5.74, 6) is 0.628. The Bertz CT molecular complexity index is 638. The van der Waals surface area contributed by atoms with E-state index in [9.17, 15) is 4.79 Å². The molecule has 1 fully saturated rings. The molecular formula is C16H19N3OS. The van der Waals surface area contributed by atoms with Crippen LogP contribution < -0.4 is 5.73 Å². The maximum absolute atomic E-state index is 12.8. The van der Waals surface area contributed by atoms with Gasteiger partial charge in [0.1, 0.15) is 4.88 Å². The van der Waals surface area contributed by atoms with Gasteiger partial charge in [0.25, 0.3) is 5.91 Å². The van der Waals surface area contributed by atoms with Gasteiger partial charge in [-0.25, -0.2) is 4.98 Å². The smallest absolute Gasteiger partial charge is 0.266 e. The molecule has 1 unspecified atom stereocenters.